The first kappa shape index (κ1) is 18.3. The number of unbranched alkanes of at least 4 members (excludes halogenated alkanes) is 7. The Balaban J connectivity index is 3.03. The van der Waals surface area contributed by atoms with Gasteiger partial charge in [-0.15, -0.1) is 0 Å². The van der Waals surface area contributed by atoms with Gasteiger partial charge in [0.05, 0.1) is 5.75 Å². The van der Waals surface area contributed by atoms with Gasteiger partial charge >= 0.3 is 0 Å². The summed E-state index contributed by atoms with van der Waals surface area (Å²) in [5.74, 6) is 1.84. The van der Waals surface area contributed by atoms with Crippen LogP contribution in [0.25, 0.3) is 0 Å². The fourth-order valence-corrected chi connectivity index (χ4v) is 3.44. The van der Waals surface area contributed by atoms with Gasteiger partial charge in [-0.05, 0) is 24.3 Å². The van der Waals surface area contributed by atoms with Crippen LogP contribution in [-0.2, 0) is 10.1 Å². The summed E-state index contributed by atoms with van der Waals surface area (Å²) < 4.78 is 29.5. The Morgan fingerprint density at radius 3 is 1.89 bits per heavy atom. The van der Waals surface area contributed by atoms with Gasteiger partial charge in [-0.3, -0.25) is 4.55 Å². The van der Waals surface area contributed by atoms with Crippen molar-refractivity contribution in [1.82, 2.24) is 0 Å². The van der Waals surface area contributed by atoms with E-state index in [0.717, 1.165) is 11.5 Å². The summed E-state index contributed by atoms with van der Waals surface area (Å²) in [7, 11) is -3.75. The van der Waals surface area contributed by atoms with E-state index in [2.05, 4.69) is 6.92 Å². The molecular weight excluding hydrogens is 268 g/mol. The monoisotopic (exact) mass is 296 g/mol. The minimum absolute atomic E-state index is 0.0998. The highest BCUT2D eigenvalue weighted by molar-refractivity contribution is 7.99. The molecule has 0 amide bonds. The Labute approximate surface area is 117 Å². The molecule has 0 saturated heterocycles. The molecule has 0 aliphatic heterocycles. The van der Waals surface area contributed by atoms with Gasteiger partial charge in [0.15, 0.2) is 0 Å². The van der Waals surface area contributed by atoms with Gasteiger partial charge in [0.1, 0.15) is 0 Å². The summed E-state index contributed by atoms with van der Waals surface area (Å²) in [4.78, 5) is 0. The molecule has 0 aliphatic rings. The van der Waals surface area contributed by atoms with Gasteiger partial charge in [0.2, 0.25) is 0 Å². The predicted octanol–water partition coefficient (Wildman–Crippen LogP) is 4.14. The third kappa shape index (κ3) is 16.3. The van der Waals surface area contributed by atoms with E-state index in [1.807, 2.05) is 0 Å². The lowest BCUT2D eigenvalue weighted by molar-refractivity contribution is 0.482. The summed E-state index contributed by atoms with van der Waals surface area (Å²) in [5.41, 5.74) is 0. The molecule has 1 N–H and O–H groups in total. The fraction of sp³-hybridized carbons (Fsp3) is 1.00. The molecule has 5 heteroatoms. The third-order valence-corrected chi connectivity index (χ3v) is 4.79. The maximum absolute atomic E-state index is 10.5. The lowest BCUT2D eigenvalue weighted by Crippen LogP contribution is -2.04. The fourth-order valence-electron chi connectivity index (χ4n) is 1.78. The van der Waals surface area contributed by atoms with E-state index in [1.165, 1.54) is 51.4 Å². The SMILES string of the molecule is CCCCCCCCCCSCCCS(=O)(=O)O. The molecule has 0 bridgehead atoms. The number of hydrogen-bond donors (Lipinski definition) is 1. The second-order valence-corrected chi connectivity index (χ2v) is 7.52. The standard InChI is InChI=1S/C13H28O3S2/c1-2-3-4-5-6-7-8-9-11-17-12-10-13-18(14,15)16/h2-13H2,1H3,(H,14,15,16). The van der Waals surface area contributed by atoms with Crippen molar-refractivity contribution in [1.29, 1.82) is 0 Å². The van der Waals surface area contributed by atoms with Crippen molar-refractivity contribution in [2.45, 2.75) is 64.7 Å². The Kier molecular flexibility index (Phi) is 12.5. The van der Waals surface area contributed by atoms with Crippen LogP contribution in [0.5, 0.6) is 0 Å². The molecule has 0 aromatic carbocycles. The number of rotatable bonds is 13. The zero-order valence-electron chi connectivity index (χ0n) is 11.6. The first-order valence-corrected chi connectivity index (χ1v) is 9.85. The van der Waals surface area contributed by atoms with E-state index in [-0.39, 0.29) is 5.75 Å². The maximum atomic E-state index is 10.5. The number of thioether (sulfide) groups is 1. The van der Waals surface area contributed by atoms with Gasteiger partial charge in [0, 0.05) is 0 Å². The topological polar surface area (TPSA) is 54.4 Å². The average molecular weight is 296 g/mol. The largest absolute Gasteiger partial charge is 0.286 e. The Bertz CT molecular complexity index is 263. The third-order valence-electron chi connectivity index (χ3n) is 2.83. The molecule has 18 heavy (non-hydrogen) atoms. The Hall–Kier alpha value is 0.260. The van der Waals surface area contributed by atoms with Gasteiger partial charge in [-0.25, -0.2) is 0 Å². The van der Waals surface area contributed by atoms with Crippen LogP contribution in [-0.4, -0.2) is 30.2 Å². The van der Waals surface area contributed by atoms with Gasteiger partial charge in [0.25, 0.3) is 10.1 Å². The summed E-state index contributed by atoms with van der Waals surface area (Å²) in [5, 5.41) is 0. The van der Waals surface area contributed by atoms with E-state index in [4.69, 9.17) is 4.55 Å². The van der Waals surface area contributed by atoms with Crippen LogP contribution in [0.4, 0.5) is 0 Å². The summed E-state index contributed by atoms with van der Waals surface area (Å²) in [6.45, 7) is 2.24. The van der Waals surface area contributed by atoms with Crippen molar-refractivity contribution >= 4 is 21.9 Å². The summed E-state index contributed by atoms with van der Waals surface area (Å²) >= 11 is 1.79. The van der Waals surface area contributed by atoms with Crippen molar-refractivity contribution in [2.24, 2.45) is 0 Å². The lowest BCUT2D eigenvalue weighted by atomic mass is 10.1. The smallest absolute Gasteiger partial charge is 0.264 e. The first-order valence-electron chi connectivity index (χ1n) is 7.09. The quantitative estimate of drug-likeness (QED) is 0.410. The molecule has 0 spiro atoms. The molecule has 0 saturated carbocycles. The first-order chi connectivity index (χ1) is 8.56. The lowest BCUT2D eigenvalue weighted by Gasteiger charge is -2.02. The molecule has 0 heterocycles. The van der Waals surface area contributed by atoms with Gasteiger partial charge < -0.3 is 0 Å². The van der Waals surface area contributed by atoms with E-state index in [1.54, 1.807) is 11.8 Å². The molecule has 0 aromatic rings. The normalized spacial score (nSPS) is 11.9. The highest BCUT2D eigenvalue weighted by Crippen LogP contribution is 2.12. The number of hydrogen-bond acceptors (Lipinski definition) is 3. The zero-order chi connectivity index (χ0) is 13.7. The second-order valence-electron chi connectivity index (χ2n) is 4.73. The van der Waals surface area contributed by atoms with Crippen LogP contribution < -0.4 is 0 Å². The Morgan fingerprint density at radius 1 is 0.833 bits per heavy atom. The molecule has 0 unspecified atom stereocenters. The molecule has 0 aromatic heterocycles. The van der Waals surface area contributed by atoms with E-state index in [0.29, 0.717) is 6.42 Å². The highest BCUT2D eigenvalue weighted by Gasteiger charge is 2.02. The van der Waals surface area contributed by atoms with Crippen LogP contribution in [0.3, 0.4) is 0 Å². The molecule has 3 nitrogen and oxygen atoms in total. The minimum atomic E-state index is -3.75. The molecule has 110 valence electrons. The van der Waals surface area contributed by atoms with Crippen LogP contribution >= 0.6 is 11.8 Å². The minimum Gasteiger partial charge on any atom is -0.286 e. The predicted molar refractivity (Wildman–Crippen MR) is 81.0 cm³/mol. The van der Waals surface area contributed by atoms with Crippen LogP contribution in [0.2, 0.25) is 0 Å². The van der Waals surface area contributed by atoms with Gasteiger partial charge in [-0.1, -0.05) is 51.9 Å². The summed E-state index contributed by atoms with van der Waals surface area (Å²) in [6, 6.07) is 0. The molecule has 0 atom stereocenters. The van der Waals surface area contributed by atoms with Crippen molar-refractivity contribution in [3.05, 3.63) is 0 Å². The van der Waals surface area contributed by atoms with Gasteiger partial charge in [-0.2, -0.15) is 20.2 Å². The maximum Gasteiger partial charge on any atom is 0.264 e. The highest BCUT2D eigenvalue weighted by atomic mass is 32.2. The second kappa shape index (κ2) is 12.3. The summed E-state index contributed by atoms with van der Waals surface area (Å²) in [6.07, 6.45) is 11.2. The van der Waals surface area contributed by atoms with Crippen LogP contribution in [0.1, 0.15) is 64.7 Å². The average Bonchev–Trinajstić information content (AvgIpc) is 2.29. The van der Waals surface area contributed by atoms with Crippen molar-refractivity contribution in [3.8, 4) is 0 Å². The molecular formula is C13H28O3S2. The van der Waals surface area contributed by atoms with Crippen molar-refractivity contribution in [3.63, 3.8) is 0 Å². The molecule has 0 fully saturated rings. The zero-order valence-corrected chi connectivity index (χ0v) is 13.2. The molecule has 0 aliphatic carbocycles. The van der Waals surface area contributed by atoms with Crippen LogP contribution in [0, 0.1) is 0 Å². The molecule has 0 radical (unpaired) electrons. The van der Waals surface area contributed by atoms with E-state index in [9.17, 15) is 8.42 Å². The Morgan fingerprint density at radius 2 is 1.33 bits per heavy atom. The molecule has 0 rings (SSSR count). The van der Waals surface area contributed by atoms with Crippen molar-refractivity contribution in [2.75, 3.05) is 17.3 Å². The van der Waals surface area contributed by atoms with E-state index >= 15 is 0 Å². The van der Waals surface area contributed by atoms with Crippen LogP contribution in [0.15, 0.2) is 0 Å². The van der Waals surface area contributed by atoms with Crippen molar-refractivity contribution < 1.29 is 13.0 Å². The van der Waals surface area contributed by atoms with E-state index < -0.39 is 10.1 Å².